The van der Waals surface area contributed by atoms with Crippen molar-refractivity contribution in [1.82, 2.24) is 4.90 Å². The summed E-state index contributed by atoms with van der Waals surface area (Å²) in [5, 5.41) is 0. The second kappa shape index (κ2) is 6.91. The fourth-order valence-electron chi connectivity index (χ4n) is 2.24. The molecule has 0 fully saturated rings. The zero-order valence-electron chi connectivity index (χ0n) is 12.6. The minimum atomic E-state index is 0.321. The van der Waals surface area contributed by atoms with Crippen LogP contribution in [0.15, 0.2) is 12.1 Å². The molecule has 0 radical (unpaired) electrons. The number of aryl methyl sites for hydroxylation is 1. The molecule has 0 saturated heterocycles. The molecule has 0 aliphatic heterocycles. The molecule has 2 heteroatoms. The van der Waals surface area contributed by atoms with Crippen LogP contribution in [0.4, 0.5) is 0 Å². The lowest BCUT2D eigenvalue weighted by molar-refractivity contribution is 0.314. The van der Waals surface area contributed by atoms with Crippen molar-refractivity contribution >= 4 is 0 Å². The fraction of sp³-hybridized carbons (Fsp3) is 0.625. The van der Waals surface area contributed by atoms with Gasteiger partial charge in [0.25, 0.3) is 0 Å². The van der Waals surface area contributed by atoms with Crippen molar-refractivity contribution in [3.05, 3.63) is 34.4 Å². The molecule has 0 aliphatic carbocycles. The summed E-state index contributed by atoms with van der Waals surface area (Å²) in [5.41, 5.74) is 11.5. The van der Waals surface area contributed by atoms with Crippen LogP contribution < -0.4 is 5.73 Å². The molecule has 0 amide bonds. The van der Waals surface area contributed by atoms with Crippen molar-refractivity contribution in [1.29, 1.82) is 0 Å². The van der Waals surface area contributed by atoms with Gasteiger partial charge in [0.05, 0.1) is 0 Å². The van der Waals surface area contributed by atoms with Crippen LogP contribution >= 0.6 is 0 Å². The molecule has 18 heavy (non-hydrogen) atoms. The summed E-state index contributed by atoms with van der Waals surface area (Å²) < 4.78 is 0. The van der Waals surface area contributed by atoms with Crippen molar-refractivity contribution in [3.8, 4) is 0 Å². The third-order valence-electron chi connectivity index (χ3n) is 3.81. The minimum absolute atomic E-state index is 0.321. The van der Waals surface area contributed by atoms with Gasteiger partial charge in [-0.25, -0.2) is 0 Å². The third kappa shape index (κ3) is 4.43. The molecule has 1 unspecified atom stereocenters. The lowest BCUT2D eigenvalue weighted by Gasteiger charge is -2.20. The van der Waals surface area contributed by atoms with E-state index in [1.165, 1.54) is 28.7 Å². The molecular weight excluding hydrogens is 220 g/mol. The molecule has 0 aliphatic rings. The Morgan fingerprint density at radius 3 is 2.44 bits per heavy atom. The Kier molecular flexibility index (Phi) is 5.83. The van der Waals surface area contributed by atoms with Crippen LogP contribution in [-0.4, -0.2) is 24.5 Å². The second-order valence-electron chi connectivity index (χ2n) is 5.65. The van der Waals surface area contributed by atoms with Gasteiger partial charge in [0, 0.05) is 12.6 Å². The van der Waals surface area contributed by atoms with E-state index in [0.29, 0.717) is 6.04 Å². The number of hydrogen-bond donors (Lipinski definition) is 1. The van der Waals surface area contributed by atoms with E-state index in [1.54, 1.807) is 0 Å². The van der Waals surface area contributed by atoms with Crippen LogP contribution in [0.5, 0.6) is 0 Å². The highest BCUT2D eigenvalue weighted by Crippen LogP contribution is 2.18. The topological polar surface area (TPSA) is 29.3 Å². The first-order chi connectivity index (χ1) is 8.41. The van der Waals surface area contributed by atoms with Crippen LogP contribution in [0.1, 0.15) is 42.0 Å². The van der Waals surface area contributed by atoms with Crippen molar-refractivity contribution in [2.45, 2.75) is 53.1 Å². The quantitative estimate of drug-likeness (QED) is 0.838. The average Bonchev–Trinajstić information content (AvgIpc) is 2.29. The van der Waals surface area contributed by atoms with E-state index in [9.17, 15) is 0 Å². The Bertz CT molecular complexity index is 383. The van der Waals surface area contributed by atoms with Crippen LogP contribution in [0, 0.1) is 20.8 Å². The van der Waals surface area contributed by atoms with E-state index in [2.05, 4.69) is 51.8 Å². The van der Waals surface area contributed by atoms with Gasteiger partial charge >= 0.3 is 0 Å². The van der Waals surface area contributed by atoms with Gasteiger partial charge in [-0.2, -0.15) is 0 Å². The molecule has 0 spiro atoms. The van der Waals surface area contributed by atoms with Gasteiger partial charge in [0.2, 0.25) is 0 Å². The van der Waals surface area contributed by atoms with Gasteiger partial charge in [-0.15, -0.1) is 0 Å². The first-order valence-electron chi connectivity index (χ1n) is 6.91. The highest BCUT2D eigenvalue weighted by molar-refractivity contribution is 5.38. The normalized spacial score (nSPS) is 13.1. The summed E-state index contributed by atoms with van der Waals surface area (Å²) in [6, 6.07) is 4.81. The van der Waals surface area contributed by atoms with E-state index in [1.807, 2.05) is 0 Å². The van der Waals surface area contributed by atoms with Gasteiger partial charge in [0.1, 0.15) is 0 Å². The maximum Gasteiger partial charge on any atom is 0.0233 e. The average molecular weight is 248 g/mol. The van der Waals surface area contributed by atoms with Crippen molar-refractivity contribution < 1.29 is 0 Å². The van der Waals surface area contributed by atoms with Crippen LogP contribution in [0.2, 0.25) is 0 Å². The molecule has 0 aromatic heterocycles. The van der Waals surface area contributed by atoms with Gasteiger partial charge in [-0.05, 0) is 76.4 Å². The third-order valence-corrected chi connectivity index (χ3v) is 3.81. The summed E-state index contributed by atoms with van der Waals surface area (Å²) in [7, 11) is 2.19. The van der Waals surface area contributed by atoms with Gasteiger partial charge < -0.3 is 10.6 Å². The number of rotatable bonds is 6. The lowest BCUT2D eigenvalue weighted by atomic mass is 9.98. The summed E-state index contributed by atoms with van der Waals surface area (Å²) in [6.07, 6.45) is 2.29. The van der Waals surface area contributed by atoms with Gasteiger partial charge in [-0.3, -0.25) is 0 Å². The summed E-state index contributed by atoms with van der Waals surface area (Å²) >= 11 is 0. The van der Waals surface area contributed by atoms with E-state index in [0.717, 1.165) is 19.5 Å². The maximum atomic E-state index is 5.77. The zero-order chi connectivity index (χ0) is 13.7. The standard InChI is InChI=1S/C16H28N2/c1-12-8-9-16(15(4)14(12)3)11-18(5)10-6-7-13(2)17/h8-9,13H,6-7,10-11,17H2,1-5H3. The highest BCUT2D eigenvalue weighted by atomic mass is 15.1. The molecule has 1 aromatic carbocycles. The minimum Gasteiger partial charge on any atom is -0.328 e. The lowest BCUT2D eigenvalue weighted by Crippen LogP contribution is -2.22. The molecule has 1 atom stereocenters. The largest absolute Gasteiger partial charge is 0.328 e. The van der Waals surface area contributed by atoms with Crippen LogP contribution in [0.3, 0.4) is 0 Å². The zero-order valence-corrected chi connectivity index (χ0v) is 12.6. The molecule has 1 aromatic rings. The molecule has 2 N–H and O–H groups in total. The summed E-state index contributed by atoms with van der Waals surface area (Å²) in [5.74, 6) is 0. The SMILES string of the molecule is Cc1ccc(CN(C)CCCC(C)N)c(C)c1C. The van der Waals surface area contributed by atoms with Crippen molar-refractivity contribution in [2.75, 3.05) is 13.6 Å². The molecule has 1 rings (SSSR count). The van der Waals surface area contributed by atoms with Gasteiger partial charge in [-0.1, -0.05) is 12.1 Å². The molecular formula is C16H28N2. The van der Waals surface area contributed by atoms with Crippen LogP contribution in [-0.2, 0) is 6.54 Å². The second-order valence-corrected chi connectivity index (χ2v) is 5.65. The van der Waals surface area contributed by atoms with E-state index in [-0.39, 0.29) is 0 Å². The first kappa shape index (κ1) is 15.2. The summed E-state index contributed by atoms with van der Waals surface area (Å²) in [4.78, 5) is 2.39. The summed E-state index contributed by atoms with van der Waals surface area (Å²) in [6.45, 7) is 10.9. The number of benzene rings is 1. The Labute approximate surface area is 112 Å². The highest BCUT2D eigenvalue weighted by Gasteiger charge is 2.06. The Hall–Kier alpha value is -0.860. The van der Waals surface area contributed by atoms with Gasteiger partial charge in [0.15, 0.2) is 0 Å². The number of nitrogens with zero attached hydrogens (tertiary/aromatic N) is 1. The monoisotopic (exact) mass is 248 g/mol. The van der Waals surface area contributed by atoms with Crippen molar-refractivity contribution in [2.24, 2.45) is 5.73 Å². The first-order valence-corrected chi connectivity index (χ1v) is 6.91. The predicted molar refractivity (Wildman–Crippen MR) is 79.9 cm³/mol. The Morgan fingerprint density at radius 2 is 1.83 bits per heavy atom. The van der Waals surface area contributed by atoms with Crippen LogP contribution in [0.25, 0.3) is 0 Å². The molecule has 0 heterocycles. The molecule has 0 bridgehead atoms. The maximum absolute atomic E-state index is 5.77. The van der Waals surface area contributed by atoms with E-state index >= 15 is 0 Å². The Balaban J connectivity index is 2.54. The number of hydrogen-bond acceptors (Lipinski definition) is 2. The van der Waals surface area contributed by atoms with E-state index < -0.39 is 0 Å². The predicted octanol–water partition coefficient (Wildman–Crippen LogP) is 3.17. The Morgan fingerprint density at radius 1 is 1.17 bits per heavy atom. The smallest absolute Gasteiger partial charge is 0.0233 e. The van der Waals surface area contributed by atoms with Crippen molar-refractivity contribution in [3.63, 3.8) is 0 Å². The number of nitrogens with two attached hydrogens (primary N) is 1. The van der Waals surface area contributed by atoms with E-state index in [4.69, 9.17) is 5.73 Å². The molecule has 2 nitrogen and oxygen atoms in total. The molecule has 102 valence electrons. The molecule has 0 saturated carbocycles. The fourth-order valence-corrected chi connectivity index (χ4v) is 2.24.